The quantitative estimate of drug-likeness (QED) is 0.819. The number of likely N-dealkylation sites (tertiary alicyclic amines) is 1. The molecule has 2 heteroatoms. The highest BCUT2D eigenvalue weighted by molar-refractivity contribution is 4.86. The van der Waals surface area contributed by atoms with Gasteiger partial charge in [0.2, 0.25) is 0 Å². The maximum atomic E-state index is 6.10. The molecular weight excluding hydrogens is 208 g/mol. The number of hydrogen-bond donors (Lipinski definition) is 1. The van der Waals surface area contributed by atoms with Crippen LogP contribution in [0.4, 0.5) is 0 Å². The zero-order chi connectivity index (χ0) is 12.3. The van der Waals surface area contributed by atoms with E-state index in [9.17, 15) is 0 Å². The van der Waals surface area contributed by atoms with Crippen LogP contribution in [0.3, 0.4) is 0 Å². The van der Waals surface area contributed by atoms with Crippen LogP contribution >= 0.6 is 0 Å². The molecule has 0 aromatic carbocycles. The van der Waals surface area contributed by atoms with Crippen molar-refractivity contribution in [2.75, 3.05) is 13.1 Å². The van der Waals surface area contributed by atoms with Crippen LogP contribution in [-0.4, -0.2) is 30.1 Å². The first kappa shape index (κ1) is 13.4. The molecule has 1 aliphatic carbocycles. The second kappa shape index (κ2) is 6.19. The first-order valence-corrected chi connectivity index (χ1v) is 7.70. The van der Waals surface area contributed by atoms with Crippen LogP contribution in [0.15, 0.2) is 0 Å². The van der Waals surface area contributed by atoms with Gasteiger partial charge in [-0.25, -0.2) is 0 Å². The van der Waals surface area contributed by atoms with Crippen molar-refractivity contribution in [2.45, 2.75) is 70.9 Å². The summed E-state index contributed by atoms with van der Waals surface area (Å²) in [7, 11) is 0. The monoisotopic (exact) mass is 238 g/mol. The molecule has 0 aromatic heterocycles. The summed E-state index contributed by atoms with van der Waals surface area (Å²) in [5.74, 6) is 1.72. The molecule has 0 bridgehead atoms. The fraction of sp³-hybridized carbons (Fsp3) is 1.00. The Bertz CT molecular complexity index is 221. The molecule has 1 heterocycles. The van der Waals surface area contributed by atoms with Gasteiger partial charge < -0.3 is 10.6 Å². The van der Waals surface area contributed by atoms with Crippen molar-refractivity contribution in [1.82, 2.24) is 4.90 Å². The van der Waals surface area contributed by atoms with Gasteiger partial charge in [-0.2, -0.15) is 0 Å². The number of rotatable bonds is 3. The summed E-state index contributed by atoms with van der Waals surface area (Å²) in [6, 6.07) is 1.32. The van der Waals surface area contributed by atoms with Crippen LogP contribution in [0.25, 0.3) is 0 Å². The van der Waals surface area contributed by atoms with Crippen molar-refractivity contribution in [3.8, 4) is 0 Å². The van der Waals surface area contributed by atoms with Gasteiger partial charge in [0, 0.05) is 18.6 Å². The van der Waals surface area contributed by atoms with E-state index in [0.29, 0.717) is 12.0 Å². The third kappa shape index (κ3) is 3.45. The molecule has 2 aliphatic rings. The van der Waals surface area contributed by atoms with E-state index in [0.717, 1.165) is 12.0 Å². The topological polar surface area (TPSA) is 29.3 Å². The van der Waals surface area contributed by atoms with Gasteiger partial charge in [0.1, 0.15) is 0 Å². The Morgan fingerprint density at radius 2 is 1.82 bits per heavy atom. The molecule has 0 radical (unpaired) electrons. The minimum atomic E-state index is 0.447. The Morgan fingerprint density at radius 3 is 2.41 bits per heavy atom. The Kier molecular flexibility index (Phi) is 4.87. The highest BCUT2D eigenvalue weighted by Gasteiger charge is 2.30. The zero-order valence-corrected chi connectivity index (χ0v) is 11.7. The van der Waals surface area contributed by atoms with Crippen molar-refractivity contribution in [3.05, 3.63) is 0 Å². The van der Waals surface area contributed by atoms with Crippen LogP contribution in [0.1, 0.15) is 58.8 Å². The van der Waals surface area contributed by atoms with E-state index in [1.807, 2.05) is 0 Å². The Labute approximate surface area is 107 Å². The smallest absolute Gasteiger partial charge is 0.00955 e. The Balaban J connectivity index is 1.77. The van der Waals surface area contributed by atoms with Gasteiger partial charge in [-0.15, -0.1) is 0 Å². The lowest BCUT2D eigenvalue weighted by Gasteiger charge is -2.42. The number of nitrogens with zero attached hydrogens (tertiary/aromatic N) is 1. The minimum absolute atomic E-state index is 0.447. The molecule has 2 rings (SSSR count). The lowest BCUT2D eigenvalue weighted by atomic mass is 9.81. The largest absolute Gasteiger partial charge is 0.327 e. The number of hydrogen-bond acceptors (Lipinski definition) is 2. The molecule has 2 atom stereocenters. The maximum Gasteiger partial charge on any atom is 0.00955 e. The predicted molar refractivity (Wildman–Crippen MR) is 74.0 cm³/mol. The van der Waals surface area contributed by atoms with Gasteiger partial charge in [-0.1, -0.05) is 26.7 Å². The standard InChI is InChI=1S/C15H30N2/c1-3-4-13-5-7-14(8-6-13)17-10-9-15(16)12(2)11-17/h12-15H,3-11,16H2,1-2H3. The predicted octanol–water partition coefficient (Wildman–Crippen LogP) is 3.01. The summed E-state index contributed by atoms with van der Waals surface area (Å²) in [4.78, 5) is 2.73. The zero-order valence-electron chi connectivity index (χ0n) is 11.7. The fourth-order valence-corrected chi connectivity index (χ4v) is 3.73. The highest BCUT2D eigenvalue weighted by atomic mass is 15.2. The van der Waals surface area contributed by atoms with Crippen LogP contribution in [0, 0.1) is 11.8 Å². The van der Waals surface area contributed by atoms with E-state index in [-0.39, 0.29) is 0 Å². The maximum absolute atomic E-state index is 6.10. The first-order valence-electron chi connectivity index (χ1n) is 7.70. The molecule has 17 heavy (non-hydrogen) atoms. The lowest BCUT2D eigenvalue weighted by Crippen LogP contribution is -2.50. The molecule has 2 unspecified atom stereocenters. The fourth-order valence-electron chi connectivity index (χ4n) is 3.73. The number of piperidine rings is 1. The summed E-state index contributed by atoms with van der Waals surface area (Å²) < 4.78 is 0. The van der Waals surface area contributed by atoms with E-state index in [1.54, 1.807) is 0 Å². The normalized spacial score (nSPS) is 40.4. The van der Waals surface area contributed by atoms with Crippen molar-refractivity contribution in [1.29, 1.82) is 0 Å². The van der Waals surface area contributed by atoms with E-state index in [2.05, 4.69) is 18.7 Å². The van der Waals surface area contributed by atoms with Gasteiger partial charge >= 0.3 is 0 Å². The summed E-state index contributed by atoms with van der Waals surface area (Å²) in [5.41, 5.74) is 6.10. The highest BCUT2D eigenvalue weighted by Crippen LogP contribution is 2.32. The average molecular weight is 238 g/mol. The van der Waals surface area contributed by atoms with Crippen molar-refractivity contribution < 1.29 is 0 Å². The van der Waals surface area contributed by atoms with E-state index in [4.69, 9.17) is 5.73 Å². The minimum Gasteiger partial charge on any atom is -0.327 e. The molecule has 1 saturated heterocycles. The Hall–Kier alpha value is -0.0800. The van der Waals surface area contributed by atoms with Gasteiger partial charge in [-0.3, -0.25) is 0 Å². The molecule has 0 spiro atoms. The Morgan fingerprint density at radius 1 is 1.12 bits per heavy atom. The molecule has 2 nitrogen and oxygen atoms in total. The molecule has 0 aromatic rings. The molecule has 100 valence electrons. The second-order valence-corrected chi connectivity index (χ2v) is 6.39. The van der Waals surface area contributed by atoms with Crippen molar-refractivity contribution in [3.63, 3.8) is 0 Å². The van der Waals surface area contributed by atoms with Crippen LogP contribution in [0.5, 0.6) is 0 Å². The number of nitrogens with two attached hydrogens (primary N) is 1. The van der Waals surface area contributed by atoms with Crippen molar-refractivity contribution in [2.24, 2.45) is 17.6 Å². The van der Waals surface area contributed by atoms with E-state index < -0.39 is 0 Å². The van der Waals surface area contributed by atoms with Gasteiger partial charge in [0.05, 0.1) is 0 Å². The van der Waals surface area contributed by atoms with E-state index in [1.165, 1.54) is 58.0 Å². The molecule has 2 fully saturated rings. The average Bonchev–Trinajstić information content (AvgIpc) is 2.34. The van der Waals surface area contributed by atoms with Crippen LogP contribution < -0.4 is 5.73 Å². The van der Waals surface area contributed by atoms with Gasteiger partial charge in [0.25, 0.3) is 0 Å². The first-order chi connectivity index (χ1) is 8.20. The van der Waals surface area contributed by atoms with Crippen LogP contribution in [-0.2, 0) is 0 Å². The second-order valence-electron chi connectivity index (χ2n) is 6.39. The van der Waals surface area contributed by atoms with Crippen LogP contribution in [0.2, 0.25) is 0 Å². The molecular formula is C15H30N2. The third-order valence-electron chi connectivity index (χ3n) is 5.03. The molecule has 0 amide bonds. The van der Waals surface area contributed by atoms with Gasteiger partial charge in [0.15, 0.2) is 0 Å². The SMILES string of the molecule is CCCC1CCC(N2CCC(N)C(C)C2)CC1. The summed E-state index contributed by atoms with van der Waals surface area (Å²) in [6.45, 7) is 7.12. The molecule has 2 N–H and O–H groups in total. The molecule has 1 aliphatic heterocycles. The summed E-state index contributed by atoms with van der Waals surface area (Å²) >= 11 is 0. The lowest BCUT2D eigenvalue weighted by molar-refractivity contribution is 0.0811. The molecule has 1 saturated carbocycles. The van der Waals surface area contributed by atoms with Gasteiger partial charge in [-0.05, 0) is 50.5 Å². The summed E-state index contributed by atoms with van der Waals surface area (Å²) in [6.07, 6.45) is 9.83. The third-order valence-corrected chi connectivity index (χ3v) is 5.03. The van der Waals surface area contributed by atoms with E-state index >= 15 is 0 Å². The van der Waals surface area contributed by atoms with Crippen molar-refractivity contribution >= 4 is 0 Å². The summed E-state index contributed by atoms with van der Waals surface area (Å²) in [5, 5.41) is 0.